The number of rotatable bonds is 8. The fourth-order valence-electron chi connectivity index (χ4n) is 2.38. The molecule has 0 radical (unpaired) electrons. The first kappa shape index (κ1) is 14.3. The molecule has 0 saturated heterocycles. The van der Waals surface area contributed by atoms with Crippen molar-refractivity contribution >= 4 is 5.91 Å². The molecule has 0 aromatic rings. The summed E-state index contributed by atoms with van der Waals surface area (Å²) in [6, 6.07) is 0.441. The number of amides is 1. The van der Waals surface area contributed by atoms with Crippen molar-refractivity contribution in [2.45, 2.75) is 77.2 Å². The Kier molecular flexibility index (Phi) is 7.78. The lowest BCUT2D eigenvalue weighted by Gasteiger charge is -2.08. The Morgan fingerprint density at radius 2 is 1.88 bits per heavy atom. The second kappa shape index (κ2) is 9.26. The molecule has 0 unspecified atom stereocenters. The van der Waals surface area contributed by atoms with Crippen LogP contribution >= 0.6 is 0 Å². The van der Waals surface area contributed by atoms with Gasteiger partial charge >= 0.3 is 0 Å². The highest BCUT2D eigenvalue weighted by Crippen LogP contribution is 2.17. The zero-order valence-electron chi connectivity index (χ0n) is 11.2. The summed E-state index contributed by atoms with van der Waals surface area (Å²) >= 11 is 0. The van der Waals surface area contributed by atoms with E-state index >= 15 is 0 Å². The number of carbonyl (C=O) groups excluding carboxylic acids is 1. The number of carbonyl (C=O) groups is 1. The van der Waals surface area contributed by atoms with Crippen LogP contribution in [0.15, 0.2) is 12.2 Å². The summed E-state index contributed by atoms with van der Waals surface area (Å²) in [6.07, 6.45) is 16.1. The molecule has 98 valence electrons. The fourth-order valence-corrected chi connectivity index (χ4v) is 2.38. The van der Waals surface area contributed by atoms with E-state index in [0.29, 0.717) is 6.04 Å². The summed E-state index contributed by atoms with van der Waals surface area (Å²) in [5.74, 6) is 0.102. The van der Waals surface area contributed by atoms with Gasteiger partial charge in [-0.25, -0.2) is 0 Å². The maximum Gasteiger partial charge on any atom is 0.243 e. The molecule has 2 nitrogen and oxygen atoms in total. The van der Waals surface area contributed by atoms with Crippen LogP contribution in [-0.2, 0) is 4.79 Å². The van der Waals surface area contributed by atoms with Crippen LogP contribution in [0.3, 0.4) is 0 Å². The van der Waals surface area contributed by atoms with Crippen molar-refractivity contribution < 1.29 is 4.79 Å². The molecule has 17 heavy (non-hydrogen) atoms. The molecule has 1 aliphatic carbocycles. The van der Waals surface area contributed by atoms with E-state index in [1.807, 2.05) is 6.08 Å². The van der Waals surface area contributed by atoms with Crippen LogP contribution < -0.4 is 5.32 Å². The van der Waals surface area contributed by atoms with E-state index in [-0.39, 0.29) is 5.91 Å². The Balaban J connectivity index is 1.97. The van der Waals surface area contributed by atoms with Crippen LogP contribution in [0.5, 0.6) is 0 Å². The molecule has 1 fully saturated rings. The van der Waals surface area contributed by atoms with Gasteiger partial charge in [-0.05, 0) is 31.8 Å². The number of nitrogens with one attached hydrogen (secondary N) is 1. The van der Waals surface area contributed by atoms with E-state index in [1.54, 1.807) is 6.08 Å². The molecule has 1 saturated carbocycles. The van der Waals surface area contributed by atoms with E-state index in [1.165, 1.54) is 44.9 Å². The second-order valence-corrected chi connectivity index (χ2v) is 5.10. The molecule has 1 amide bonds. The first-order chi connectivity index (χ1) is 8.33. The lowest BCUT2D eigenvalue weighted by Crippen LogP contribution is -2.30. The van der Waals surface area contributed by atoms with Gasteiger partial charge in [-0.3, -0.25) is 4.79 Å². The van der Waals surface area contributed by atoms with E-state index in [4.69, 9.17) is 0 Å². The van der Waals surface area contributed by atoms with Gasteiger partial charge in [0.05, 0.1) is 0 Å². The minimum atomic E-state index is 0.102. The smallest absolute Gasteiger partial charge is 0.243 e. The molecule has 0 aromatic carbocycles. The Labute approximate surface area is 106 Å². The van der Waals surface area contributed by atoms with E-state index in [9.17, 15) is 4.79 Å². The van der Waals surface area contributed by atoms with E-state index < -0.39 is 0 Å². The summed E-state index contributed by atoms with van der Waals surface area (Å²) in [6.45, 7) is 2.23. The predicted octanol–water partition coefficient (Wildman–Crippen LogP) is 3.96. The van der Waals surface area contributed by atoms with Gasteiger partial charge in [0.25, 0.3) is 0 Å². The number of hydrogen-bond donors (Lipinski definition) is 1. The summed E-state index contributed by atoms with van der Waals surface area (Å²) < 4.78 is 0. The minimum absolute atomic E-state index is 0.102. The molecular weight excluding hydrogens is 210 g/mol. The van der Waals surface area contributed by atoms with Crippen molar-refractivity contribution in [2.24, 2.45) is 0 Å². The zero-order valence-corrected chi connectivity index (χ0v) is 11.2. The molecule has 0 spiro atoms. The maximum absolute atomic E-state index is 11.5. The first-order valence-electron chi connectivity index (χ1n) is 7.30. The van der Waals surface area contributed by atoms with Gasteiger partial charge in [0.1, 0.15) is 0 Å². The Bertz CT molecular complexity index is 229. The summed E-state index contributed by atoms with van der Waals surface area (Å²) in [4.78, 5) is 11.5. The van der Waals surface area contributed by atoms with Crippen LogP contribution in [0.2, 0.25) is 0 Å². The molecule has 1 aliphatic rings. The van der Waals surface area contributed by atoms with Crippen LogP contribution in [-0.4, -0.2) is 11.9 Å². The molecular formula is C15H27NO. The fraction of sp³-hybridized carbons (Fsp3) is 0.800. The SMILES string of the molecule is CCCCCCCC=CC(=O)NC1CCCC1. The molecule has 0 aliphatic heterocycles. The lowest BCUT2D eigenvalue weighted by atomic mass is 10.1. The summed E-state index contributed by atoms with van der Waals surface area (Å²) in [7, 11) is 0. The van der Waals surface area contributed by atoms with Gasteiger partial charge in [-0.15, -0.1) is 0 Å². The second-order valence-electron chi connectivity index (χ2n) is 5.10. The van der Waals surface area contributed by atoms with Crippen LogP contribution in [0, 0.1) is 0 Å². The Morgan fingerprint density at radius 3 is 2.59 bits per heavy atom. The van der Waals surface area contributed by atoms with Gasteiger partial charge in [0.15, 0.2) is 0 Å². The quantitative estimate of drug-likeness (QED) is 0.502. The average Bonchev–Trinajstić information content (AvgIpc) is 2.80. The molecule has 1 rings (SSSR count). The lowest BCUT2D eigenvalue weighted by molar-refractivity contribution is -0.117. The van der Waals surface area contributed by atoms with Crippen molar-refractivity contribution in [1.82, 2.24) is 5.32 Å². The van der Waals surface area contributed by atoms with Crippen LogP contribution in [0.25, 0.3) is 0 Å². The third-order valence-electron chi connectivity index (χ3n) is 3.45. The summed E-state index contributed by atoms with van der Waals surface area (Å²) in [5, 5.41) is 3.06. The largest absolute Gasteiger partial charge is 0.350 e. The van der Waals surface area contributed by atoms with Crippen molar-refractivity contribution in [3.63, 3.8) is 0 Å². The molecule has 0 atom stereocenters. The minimum Gasteiger partial charge on any atom is -0.350 e. The Morgan fingerprint density at radius 1 is 1.18 bits per heavy atom. The average molecular weight is 237 g/mol. The van der Waals surface area contributed by atoms with Crippen LogP contribution in [0.1, 0.15) is 71.1 Å². The van der Waals surface area contributed by atoms with Crippen molar-refractivity contribution in [3.05, 3.63) is 12.2 Å². The molecule has 0 heterocycles. The van der Waals surface area contributed by atoms with E-state index in [0.717, 1.165) is 19.3 Å². The van der Waals surface area contributed by atoms with Gasteiger partial charge in [-0.1, -0.05) is 51.5 Å². The van der Waals surface area contributed by atoms with Gasteiger partial charge < -0.3 is 5.32 Å². The maximum atomic E-state index is 11.5. The highest BCUT2D eigenvalue weighted by atomic mass is 16.1. The number of hydrogen-bond acceptors (Lipinski definition) is 1. The number of allylic oxidation sites excluding steroid dienone is 1. The number of unbranched alkanes of at least 4 members (excludes halogenated alkanes) is 5. The highest BCUT2D eigenvalue weighted by molar-refractivity contribution is 5.87. The normalized spacial score (nSPS) is 16.8. The standard InChI is InChI=1S/C15H27NO/c1-2-3-4-5-6-7-8-13-15(17)16-14-11-9-10-12-14/h8,13-14H,2-7,9-12H2,1H3,(H,16,17). The monoisotopic (exact) mass is 237 g/mol. The Hall–Kier alpha value is -0.790. The van der Waals surface area contributed by atoms with Crippen molar-refractivity contribution in [2.75, 3.05) is 0 Å². The van der Waals surface area contributed by atoms with Gasteiger partial charge in [0, 0.05) is 6.04 Å². The van der Waals surface area contributed by atoms with Gasteiger partial charge in [0.2, 0.25) is 5.91 Å². The summed E-state index contributed by atoms with van der Waals surface area (Å²) in [5.41, 5.74) is 0. The zero-order chi connectivity index (χ0) is 12.3. The molecule has 0 bridgehead atoms. The third-order valence-corrected chi connectivity index (χ3v) is 3.45. The predicted molar refractivity (Wildman–Crippen MR) is 72.9 cm³/mol. The van der Waals surface area contributed by atoms with E-state index in [2.05, 4.69) is 12.2 Å². The first-order valence-corrected chi connectivity index (χ1v) is 7.30. The van der Waals surface area contributed by atoms with Crippen molar-refractivity contribution in [3.8, 4) is 0 Å². The van der Waals surface area contributed by atoms with Gasteiger partial charge in [-0.2, -0.15) is 0 Å². The topological polar surface area (TPSA) is 29.1 Å². The molecule has 1 N–H and O–H groups in total. The van der Waals surface area contributed by atoms with Crippen LogP contribution in [0.4, 0.5) is 0 Å². The molecule has 2 heteroatoms. The van der Waals surface area contributed by atoms with Crippen molar-refractivity contribution in [1.29, 1.82) is 0 Å². The highest BCUT2D eigenvalue weighted by Gasteiger charge is 2.15. The molecule has 0 aromatic heterocycles. The third kappa shape index (κ3) is 7.19.